The lowest BCUT2D eigenvalue weighted by molar-refractivity contribution is -0.660. The molecule has 30 heavy (non-hydrogen) atoms. The van der Waals surface area contributed by atoms with Crippen LogP contribution in [0.5, 0.6) is 0 Å². The van der Waals surface area contributed by atoms with Crippen LogP contribution in [-0.4, -0.2) is 0 Å². The molecule has 0 aliphatic rings. The lowest BCUT2D eigenvalue weighted by atomic mass is 9.93. The van der Waals surface area contributed by atoms with E-state index >= 15 is 0 Å². The van der Waals surface area contributed by atoms with Crippen LogP contribution >= 0.6 is 0 Å². The number of nitriles is 1. The minimum atomic E-state index is 0.646. The van der Waals surface area contributed by atoms with Crippen LogP contribution in [0.3, 0.4) is 0 Å². The van der Waals surface area contributed by atoms with Crippen LogP contribution < -0.4 is 4.57 Å². The number of rotatable bonds is 2. The molecule has 3 nitrogen and oxygen atoms in total. The van der Waals surface area contributed by atoms with Gasteiger partial charge in [-0.15, -0.1) is 0 Å². The molecule has 3 heteroatoms. The summed E-state index contributed by atoms with van der Waals surface area (Å²) in [6, 6.07) is 24.9. The molecule has 0 saturated heterocycles. The highest BCUT2D eigenvalue weighted by Crippen LogP contribution is 2.43. The lowest BCUT2D eigenvalue weighted by Gasteiger charge is -2.08. The topological polar surface area (TPSA) is 40.8 Å². The monoisotopic (exact) mass is 389 g/mol. The first kappa shape index (κ1) is 18.1. The van der Waals surface area contributed by atoms with E-state index in [1.807, 2.05) is 56.6 Å². The van der Waals surface area contributed by atoms with Crippen molar-refractivity contribution >= 4 is 21.9 Å². The molecule has 0 fully saturated rings. The van der Waals surface area contributed by atoms with Crippen molar-refractivity contribution in [2.24, 2.45) is 7.05 Å². The number of hydrogen-bond donors (Lipinski definition) is 0. The molecule has 0 N–H and O–H groups in total. The van der Waals surface area contributed by atoms with Gasteiger partial charge in [0, 0.05) is 28.5 Å². The van der Waals surface area contributed by atoms with Crippen LogP contribution in [0.15, 0.2) is 77.3 Å². The fraction of sp³-hybridized carbons (Fsp3) is 0.111. The Bertz CT molecular complexity index is 1470. The van der Waals surface area contributed by atoms with E-state index in [0.29, 0.717) is 5.56 Å². The van der Waals surface area contributed by atoms with Gasteiger partial charge in [0.25, 0.3) is 0 Å². The van der Waals surface area contributed by atoms with E-state index in [0.717, 1.165) is 55.4 Å². The van der Waals surface area contributed by atoms with E-state index in [1.165, 1.54) is 0 Å². The largest absolute Gasteiger partial charge is 0.454 e. The summed E-state index contributed by atoms with van der Waals surface area (Å²) in [6.07, 6.45) is 2.04. The van der Waals surface area contributed by atoms with Crippen LogP contribution in [0.25, 0.3) is 44.3 Å². The van der Waals surface area contributed by atoms with Crippen molar-refractivity contribution in [2.75, 3.05) is 0 Å². The van der Waals surface area contributed by atoms with E-state index in [1.54, 1.807) is 0 Å². The normalized spacial score (nSPS) is 11.1. The van der Waals surface area contributed by atoms with Crippen molar-refractivity contribution < 1.29 is 8.98 Å². The highest BCUT2D eigenvalue weighted by Gasteiger charge is 2.24. The Labute approximate surface area is 175 Å². The third-order valence-corrected chi connectivity index (χ3v) is 5.81. The average molecular weight is 389 g/mol. The predicted octanol–water partition coefficient (Wildman–Crippen LogP) is 6.23. The minimum Gasteiger partial charge on any atom is -0.454 e. The van der Waals surface area contributed by atoms with Crippen LogP contribution in [-0.2, 0) is 7.05 Å². The molecule has 0 radical (unpaired) electrons. The van der Waals surface area contributed by atoms with Gasteiger partial charge in [-0.2, -0.15) is 5.26 Å². The zero-order valence-electron chi connectivity index (χ0n) is 17.2. The molecule has 0 aliphatic heterocycles. The summed E-state index contributed by atoms with van der Waals surface area (Å²) in [4.78, 5) is 0. The van der Waals surface area contributed by atoms with E-state index in [-0.39, 0.29) is 0 Å². The van der Waals surface area contributed by atoms with Gasteiger partial charge in [0.15, 0.2) is 6.20 Å². The van der Waals surface area contributed by atoms with Crippen molar-refractivity contribution in [3.63, 3.8) is 0 Å². The highest BCUT2D eigenvalue weighted by atomic mass is 16.3. The number of aryl methyl sites for hydroxylation is 3. The molecule has 0 bridgehead atoms. The summed E-state index contributed by atoms with van der Waals surface area (Å²) >= 11 is 0. The zero-order chi connectivity index (χ0) is 20.8. The van der Waals surface area contributed by atoms with Gasteiger partial charge in [-0.25, -0.2) is 4.57 Å². The third-order valence-electron chi connectivity index (χ3n) is 5.81. The Balaban J connectivity index is 1.98. The van der Waals surface area contributed by atoms with Crippen molar-refractivity contribution in [3.05, 3.63) is 89.6 Å². The molecule has 5 aromatic rings. The second kappa shape index (κ2) is 6.86. The molecule has 0 atom stereocenters. The van der Waals surface area contributed by atoms with Gasteiger partial charge in [0.05, 0.1) is 17.2 Å². The quantitative estimate of drug-likeness (QED) is 0.336. The fourth-order valence-electron chi connectivity index (χ4n) is 4.40. The van der Waals surface area contributed by atoms with Crippen LogP contribution in [0.4, 0.5) is 0 Å². The van der Waals surface area contributed by atoms with Crippen molar-refractivity contribution in [2.45, 2.75) is 13.8 Å². The van der Waals surface area contributed by atoms with Gasteiger partial charge in [-0.05, 0) is 42.7 Å². The Kier molecular flexibility index (Phi) is 4.15. The standard InChI is InChI=1S/C27H21N2O/c1-17-12-13-21-25-20(16-28)15-18(2)23(19-9-5-4-6-10-19)27(25)30-26(21)24(17)22-11-7-8-14-29(22)3/h4-15H,1-3H3/q+1. The molecule has 2 heterocycles. The van der Waals surface area contributed by atoms with E-state index in [9.17, 15) is 5.26 Å². The predicted molar refractivity (Wildman–Crippen MR) is 120 cm³/mol. The maximum absolute atomic E-state index is 9.89. The molecule has 2 aromatic heterocycles. The molecule has 3 aromatic carbocycles. The number of pyridine rings is 1. The van der Waals surface area contributed by atoms with E-state index < -0.39 is 0 Å². The Morgan fingerprint density at radius 3 is 2.33 bits per heavy atom. The van der Waals surface area contributed by atoms with E-state index in [4.69, 9.17) is 4.42 Å². The van der Waals surface area contributed by atoms with Gasteiger partial charge >= 0.3 is 0 Å². The molecule has 0 saturated carbocycles. The van der Waals surface area contributed by atoms with Gasteiger partial charge in [0.2, 0.25) is 5.69 Å². The molecule has 144 valence electrons. The number of furan rings is 1. The average Bonchev–Trinajstić information content (AvgIpc) is 3.13. The number of aromatic nitrogens is 1. The molecular weight excluding hydrogens is 368 g/mol. The minimum absolute atomic E-state index is 0.646. The first-order valence-corrected chi connectivity index (χ1v) is 10.00. The maximum atomic E-state index is 9.89. The summed E-state index contributed by atoms with van der Waals surface area (Å²) in [6.45, 7) is 4.14. The third kappa shape index (κ3) is 2.62. The summed E-state index contributed by atoms with van der Waals surface area (Å²) < 4.78 is 8.72. The van der Waals surface area contributed by atoms with E-state index in [2.05, 4.69) is 47.9 Å². The number of benzene rings is 3. The lowest BCUT2D eigenvalue weighted by Crippen LogP contribution is -2.30. The summed E-state index contributed by atoms with van der Waals surface area (Å²) in [5.41, 5.74) is 8.70. The van der Waals surface area contributed by atoms with Gasteiger partial charge in [-0.1, -0.05) is 42.5 Å². The number of fused-ring (bicyclic) bond motifs is 3. The van der Waals surface area contributed by atoms with Crippen LogP contribution in [0.1, 0.15) is 16.7 Å². The van der Waals surface area contributed by atoms with Crippen LogP contribution in [0, 0.1) is 25.2 Å². The summed E-state index contributed by atoms with van der Waals surface area (Å²) in [5, 5.41) is 11.7. The van der Waals surface area contributed by atoms with Gasteiger partial charge in [-0.3, -0.25) is 0 Å². The Morgan fingerprint density at radius 1 is 0.833 bits per heavy atom. The van der Waals surface area contributed by atoms with Crippen molar-refractivity contribution in [3.8, 4) is 28.5 Å². The summed E-state index contributed by atoms with van der Waals surface area (Å²) in [7, 11) is 2.04. The summed E-state index contributed by atoms with van der Waals surface area (Å²) in [5.74, 6) is 0. The molecule has 5 rings (SSSR count). The maximum Gasteiger partial charge on any atom is 0.216 e. The Morgan fingerprint density at radius 2 is 1.60 bits per heavy atom. The van der Waals surface area contributed by atoms with Crippen LogP contribution in [0.2, 0.25) is 0 Å². The second-order valence-corrected chi connectivity index (χ2v) is 7.73. The molecular formula is C27H21N2O+. The first-order valence-electron chi connectivity index (χ1n) is 10.00. The Hall–Kier alpha value is -3.90. The van der Waals surface area contributed by atoms with Gasteiger partial charge in [0.1, 0.15) is 18.2 Å². The fourth-order valence-corrected chi connectivity index (χ4v) is 4.40. The first-order chi connectivity index (χ1) is 14.6. The van der Waals surface area contributed by atoms with Crippen molar-refractivity contribution in [1.82, 2.24) is 0 Å². The molecule has 0 spiro atoms. The smallest absolute Gasteiger partial charge is 0.216 e. The number of hydrogen-bond acceptors (Lipinski definition) is 2. The SMILES string of the molecule is Cc1ccc2c(oc3c(-c4ccccc4)c(C)cc(C#N)c32)c1-c1cccc[n+]1C. The molecule has 0 amide bonds. The van der Waals surface area contributed by atoms with Crippen molar-refractivity contribution in [1.29, 1.82) is 5.26 Å². The molecule has 0 aliphatic carbocycles. The highest BCUT2D eigenvalue weighted by molar-refractivity contribution is 6.15. The molecule has 0 unspecified atom stereocenters. The second-order valence-electron chi connectivity index (χ2n) is 7.73. The number of nitrogens with zero attached hydrogens (tertiary/aromatic N) is 2. The zero-order valence-corrected chi connectivity index (χ0v) is 17.2. The van der Waals surface area contributed by atoms with Gasteiger partial charge < -0.3 is 4.42 Å².